The molecule has 0 unspecified atom stereocenters. The molecule has 1 heterocycles. The summed E-state index contributed by atoms with van der Waals surface area (Å²) in [4.78, 5) is 21.8. The minimum absolute atomic E-state index is 0.150. The Morgan fingerprint density at radius 3 is 2.52 bits per heavy atom. The van der Waals surface area contributed by atoms with E-state index in [4.69, 9.17) is 0 Å². The minimum atomic E-state index is -0.150. The number of nitrogens with one attached hydrogen (secondary N) is 2. The van der Waals surface area contributed by atoms with Gasteiger partial charge in [-0.3, -0.25) is 4.79 Å². The summed E-state index contributed by atoms with van der Waals surface area (Å²) in [6, 6.07) is 25.3. The predicted octanol–water partition coefficient (Wildman–Crippen LogP) is 6.79. The normalized spacial score (nSPS) is 10.6. The van der Waals surface area contributed by atoms with Gasteiger partial charge >= 0.3 is 0 Å². The maximum Gasteiger partial charge on any atom is 0.255 e. The highest BCUT2D eigenvalue weighted by molar-refractivity contribution is 6.04. The maximum atomic E-state index is 12.8. The zero-order chi connectivity index (χ0) is 23.0. The summed E-state index contributed by atoms with van der Waals surface area (Å²) in [7, 11) is 0. The van der Waals surface area contributed by atoms with Crippen LogP contribution < -0.4 is 10.6 Å². The van der Waals surface area contributed by atoms with Crippen LogP contribution in [0.5, 0.6) is 0 Å². The number of hydrogen-bond acceptors (Lipinski definition) is 4. The van der Waals surface area contributed by atoms with Gasteiger partial charge in [-0.2, -0.15) is 0 Å². The number of unbranched alkanes of at least 4 members (excludes halogenated alkanes) is 1. The number of anilines is 3. The molecule has 0 radical (unpaired) electrons. The van der Waals surface area contributed by atoms with Crippen molar-refractivity contribution in [3.63, 3.8) is 0 Å². The van der Waals surface area contributed by atoms with Crippen LogP contribution in [0.3, 0.4) is 0 Å². The fraction of sp³-hybridized carbons (Fsp3) is 0.179. The number of amides is 1. The fourth-order valence-electron chi connectivity index (χ4n) is 3.58. The van der Waals surface area contributed by atoms with Crippen LogP contribution >= 0.6 is 0 Å². The first kappa shape index (κ1) is 22.2. The number of hydrogen-bond donors (Lipinski definition) is 2. The third-order valence-electron chi connectivity index (χ3n) is 5.36. The van der Waals surface area contributed by atoms with E-state index < -0.39 is 0 Å². The lowest BCUT2D eigenvalue weighted by Gasteiger charge is -2.10. The maximum absolute atomic E-state index is 12.8. The van der Waals surface area contributed by atoms with Crippen molar-refractivity contribution in [2.75, 3.05) is 10.6 Å². The number of aryl methyl sites for hydroxylation is 2. The number of carbonyl (C=O) groups is 1. The number of nitrogens with zero attached hydrogens (tertiary/aromatic N) is 2. The van der Waals surface area contributed by atoms with Crippen LogP contribution in [0.4, 0.5) is 17.2 Å². The SMILES string of the molecule is CCCCc1ccc(NC(=O)c2cccc(Nc3ccnc(-c4cccc(C)c4)n3)c2)cc1. The molecule has 166 valence electrons. The molecule has 3 aromatic carbocycles. The number of benzene rings is 3. The van der Waals surface area contributed by atoms with Crippen molar-refractivity contribution in [2.24, 2.45) is 0 Å². The summed E-state index contributed by atoms with van der Waals surface area (Å²) < 4.78 is 0. The molecule has 33 heavy (non-hydrogen) atoms. The monoisotopic (exact) mass is 436 g/mol. The summed E-state index contributed by atoms with van der Waals surface area (Å²) in [5.41, 5.74) is 5.55. The van der Waals surface area contributed by atoms with Gasteiger partial charge in [-0.25, -0.2) is 9.97 Å². The second-order valence-electron chi connectivity index (χ2n) is 8.10. The van der Waals surface area contributed by atoms with Crippen LogP contribution in [-0.4, -0.2) is 15.9 Å². The summed E-state index contributed by atoms with van der Waals surface area (Å²) in [6.07, 6.45) is 5.14. The van der Waals surface area contributed by atoms with Crippen LogP contribution in [0, 0.1) is 6.92 Å². The molecule has 5 nitrogen and oxygen atoms in total. The molecule has 0 aliphatic rings. The highest BCUT2D eigenvalue weighted by atomic mass is 16.1. The summed E-state index contributed by atoms with van der Waals surface area (Å²) in [6.45, 7) is 4.23. The van der Waals surface area contributed by atoms with Gasteiger partial charge in [-0.05, 0) is 67.8 Å². The molecule has 0 saturated carbocycles. The van der Waals surface area contributed by atoms with E-state index in [0.717, 1.165) is 28.9 Å². The molecule has 4 rings (SSSR count). The molecule has 4 aromatic rings. The highest BCUT2D eigenvalue weighted by Crippen LogP contribution is 2.21. The van der Waals surface area contributed by atoms with Gasteiger partial charge in [-0.1, -0.05) is 55.3 Å². The van der Waals surface area contributed by atoms with Crippen LogP contribution in [0.15, 0.2) is 85.1 Å². The van der Waals surface area contributed by atoms with Gasteiger partial charge in [0, 0.05) is 28.7 Å². The van der Waals surface area contributed by atoms with Gasteiger partial charge in [-0.15, -0.1) is 0 Å². The quantitative estimate of drug-likeness (QED) is 0.319. The molecule has 0 spiro atoms. The van der Waals surface area contributed by atoms with Gasteiger partial charge in [0.25, 0.3) is 5.91 Å². The van der Waals surface area contributed by atoms with E-state index in [1.165, 1.54) is 18.4 Å². The Bertz CT molecular complexity index is 1230. The topological polar surface area (TPSA) is 66.9 Å². The van der Waals surface area contributed by atoms with Crippen molar-refractivity contribution < 1.29 is 4.79 Å². The molecular formula is C28H28N4O. The van der Waals surface area contributed by atoms with E-state index in [0.29, 0.717) is 17.2 Å². The molecule has 5 heteroatoms. The molecule has 1 aromatic heterocycles. The van der Waals surface area contributed by atoms with Gasteiger partial charge in [0.1, 0.15) is 5.82 Å². The van der Waals surface area contributed by atoms with Gasteiger partial charge in [0.2, 0.25) is 0 Å². The lowest BCUT2D eigenvalue weighted by molar-refractivity contribution is 0.102. The van der Waals surface area contributed by atoms with Crippen molar-refractivity contribution in [2.45, 2.75) is 33.1 Å². The lowest BCUT2D eigenvalue weighted by Crippen LogP contribution is -2.12. The first-order chi connectivity index (χ1) is 16.1. The second kappa shape index (κ2) is 10.6. The van der Waals surface area contributed by atoms with Crippen molar-refractivity contribution >= 4 is 23.1 Å². The number of rotatable bonds is 8. The molecule has 0 saturated heterocycles. The Balaban J connectivity index is 1.45. The Labute approximate surface area is 194 Å². The summed E-state index contributed by atoms with van der Waals surface area (Å²) in [5, 5.41) is 6.26. The standard InChI is InChI=1S/C28H28N4O/c1-3-4-8-21-12-14-24(15-13-21)31-28(33)23-10-6-11-25(19-23)30-26-16-17-29-27(32-26)22-9-5-7-20(2)18-22/h5-7,9-19H,3-4,8H2,1-2H3,(H,31,33)(H,29,30,32). The van der Waals surface area contributed by atoms with Crippen molar-refractivity contribution in [3.05, 3.63) is 102 Å². The Morgan fingerprint density at radius 2 is 1.73 bits per heavy atom. The number of carbonyl (C=O) groups excluding carboxylic acids is 1. The Kier molecular flexibility index (Phi) is 7.10. The second-order valence-corrected chi connectivity index (χ2v) is 8.10. The van der Waals surface area contributed by atoms with Crippen LogP contribution in [0.2, 0.25) is 0 Å². The molecule has 0 fully saturated rings. The van der Waals surface area contributed by atoms with Crippen molar-refractivity contribution in [1.29, 1.82) is 0 Å². The summed E-state index contributed by atoms with van der Waals surface area (Å²) in [5.74, 6) is 1.17. The van der Waals surface area contributed by atoms with Crippen molar-refractivity contribution in [1.82, 2.24) is 9.97 Å². The lowest BCUT2D eigenvalue weighted by atomic mass is 10.1. The average molecular weight is 437 g/mol. The van der Waals surface area contributed by atoms with E-state index >= 15 is 0 Å². The first-order valence-corrected chi connectivity index (χ1v) is 11.3. The fourth-order valence-corrected chi connectivity index (χ4v) is 3.58. The predicted molar refractivity (Wildman–Crippen MR) is 135 cm³/mol. The van der Waals surface area contributed by atoms with E-state index in [1.54, 1.807) is 12.3 Å². The third kappa shape index (κ3) is 6.04. The minimum Gasteiger partial charge on any atom is -0.340 e. The van der Waals surface area contributed by atoms with E-state index in [-0.39, 0.29) is 5.91 Å². The zero-order valence-electron chi connectivity index (χ0n) is 19.0. The Morgan fingerprint density at radius 1 is 0.909 bits per heavy atom. The summed E-state index contributed by atoms with van der Waals surface area (Å²) >= 11 is 0. The number of aromatic nitrogens is 2. The van der Waals surface area contributed by atoms with E-state index in [1.807, 2.05) is 61.5 Å². The van der Waals surface area contributed by atoms with Gasteiger partial charge in [0.15, 0.2) is 5.82 Å². The zero-order valence-corrected chi connectivity index (χ0v) is 19.0. The van der Waals surface area contributed by atoms with Crippen LogP contribution in [-0.2, 0) is 6.42 Å². The average Bonchev–Trinajstić information content (AvgIpc) is 2.84. The molecular weight excluding hydrogens is 408 g/mol. The van der Waals surface area contributed by atoms with Crippen LogP contribution in [0.1, 0.15) is 41.3 Å². The molecule has 1 amide bonds. The molecule has 0 aliphatic carbocycles. The molecule has 0 atom stereocenters. The molecule has 0 aliphatic heterocycles. The third-order valence-corrected chi connectivity index (χ3v) is 5.36. The van der Waals surface area contributed by atoms with E-state index in [9.17, 15) is 4.79 Å². The smallest absolute Gasteiger partial charge is 0.255 e. The van der Waals surface area contributed by atoms with E-state index in [2.05, 4.69) is 45.7 Å². The molecule has 0 bridgehead atoms. The Hall–Kier alpha value is -3.99. The van der Waals surface area contributed by atoms with Crippen LogP contribution in [0.25, 0.3) is 11.4 Å². The molecule has 2 N–H and O–H groups in total. The van der Waals surface area contributed by atoms with Crippen molar-refractivity contribution in [3.8, 4) is 11.4 Å². The van der Waals surface area contributed by atoms with Gasteiger partial charge in [0.05, 0.1) is 0 Å². The van der Waals surface area contributed by atoms with Gasteiger partial charge < -0.3 is 10.6 Å². The highest BCUT2D eigenvalue weighted by Gasteiger charge is 2.09. The first-order valence-electron chi connectivity index (χ1n) is 11.3. The largest absolute Gasteiger partial charge is 0.340 e.